The number of nitrogens with two attached hydrogens (primary N) is 1. The molecule has 0 radical (unpaired) electrons. The Kier molecular flexibility index (Phi) is 6.62. The molecule has 0 atom stereocenters. The first-order valence-electron chi connectivity index (χ1n) is 15.1. The van der Waals surface area contributed by atoms with E-state index in [0.29, 0.717) is 0 Å². The number of nitrogen functional groups attached to an aromatic ring is 1. The van der Waals surface area contributed by atoms with Crippen LogP contribution in [0.3, 0.4) is 0 Å². The zero-order valence-electron chi connectivity index (χ0n) is 24.6. The molecule has 0 amide bonds. The molecule has 7 aromatic carbocycles. The molecule has 3 nitrogen and oxygen atoms in total. The van der Waals surface area contributed by atoms with Gasteiger partial charge in [-0.25, -0.2) is 9.97 Å². The van der Waals surface area contributed by atoms with Crippen molar-refractivity contribution in [1.82, 2.24) is 9.97 Å². The summed E-state index contributed by atoms with van der Waals surface area (Å²) in [7, 11) is 0. The maximum absolute atomic E-state index is 5.92. The normalized spacial score (nSPS) is 11.2. The van der Waals surface area contributed by atoms with Gasteiger partial charge in [0.05, 0.1) is 11.2 Å². The fourth-order valence-corrected chi connectivity index (χ4v) is 6.15. The van der Waals surface area contributed by atoms with Crippen molar-refractivity contribution >= 4 is 27.4 Å². The van der Waals surface area contributed by atoms with Gasteiger partial charge in [-0.05, 0) is 62.4 Å². The third-order valence-corrected chi connectivity index (χ3v) is 8.45. The van der Waals surface area contributed by atoms with Gasteiger partial charge < -0.3 is 5.73 Å². The summed E-state index contributed by atoms with van der Waals surface area (Å²) in [6.07, 6.45) is 0. The standard InChI is InChI=1S/C42H29N3/c43-35-25-22-29(23-26-35)28-14-18-32(19-15-28)40-36-11-5-4-8-30(36)24-27-37(40)31-16-20-34(21-17-31)42-44-39-13-7-6-12-38(39)41(45-42)33-9-2-1-3-10-33/h1-27H,43H2. The van der Waals surface area contributed by atoms with Gasteiger partial charge in [0.15, 0.2) is 5.82 Å². The van der Waals surface area contributed by atoms with Crippen LogP contribution in [0.4, 0.5) is 5.69 Å². The number of fused-ring (bicyclic) bond motifs is 2. The summed E-state index contributed by atoms with van der Waals surface area (Å²) in [5, 5.41) is 3.49. The first-order chi connectivity index (χ1) is 22.2. The van der Waals surface area contributed by atoms with Gasteiger partial charge in [0.25, 0.3) is 0 Å². The molecule has 45 heavy (non-hydrogen) atoms. The molecule has 0 bridgehead atoms. The molecule has 8 rings (SSSR count). The van der Waals surface area contributed by atoms with E-state index in [1.807, 2.05) is 42.5 Å². The van der Waals surface area contributed by atoms with Crippen LogP contribution in [-0.4, -0.2) is 9.97 Å². The van der Waals surface area contributed by atoms with Crippen molar-refractivity contribution in [3.63, 3.8) is 0 Å². The number of rotatable bonds is 5. The van der Waals surface area contributed by atoms with Gasteiger partial charge >= 0.3 is 0 Å². The molecule has 0 saturated heterocycles. The lowest BCUT2D eigenvalue weighted by atomic mass is 9.89. The Labute approximate surface area is 262 Å². The lowest BCUT2D eigenvalue weighted by Crippen LogP contribution is -1.95. The monoisotopic (exact) mass is 575 g/mol. The lowest BCUT2D eigenvalue weighted by Gasteiger charge is -2.15. The van der Waals surface area contributed by atoms with Gasteiger partial charge in [-0.3, -0.25) is 0 Å². The van der Waals surface area contributed by atoms with Crippen molar-refractivity contribution < 1.29 is 0 Å². The number of hydrogen-bond acceptors (Lipinski definition) is 3. The maximum Gasteiger partial charge on any atom is 0.160 e. The van der Waals surface area contributed by atoms with Crippen molar-refractivity contribution in [1.29, 1.82) is 0 Å². The van der Waals surface area contributed by atoms with Crippen molar-refractivity contribution in [2.75, 3.05) is 5.73 Å². The van der Waals surface area contributed by atoms with Gasteiger partial charge in [-0.15, -0.1) is 0 Å². The lowest BCUT2D eigenvalue weighted by molar-refractivity contribution is 1.23. The van der Waals surface area contributed by atoms with Crippen LogP contribution in [0.25, 0.3) is 77.7 Å². The number of anilines is 1. The highest BCUT2D eigenvalue weighted by atomic mass is 14.9. The van der Waals surface area contributed by atoms with Crippen molar-refractivity contribution in [3.8, 4) is 56.0 Å². The molecule has 0 unspecified atom stereocenters. The van der Waals surface area contributed by atoms with Crippen LogP contribution in [0.5, 0.6) is 0 Å². The minimum Gasteiger partial charge on any atom is -0.399 e. The molecule has 0 saturated carbocycles. The average Bonchev–Trinajstić information content (AvgIpc) is 3.11. The fraction of sp³-hybridized carbons (Fsp3) is 0. The van der Waals surface area contributed by atoms with E-state index in [4.69, 9.17) is 15.7 Å². The number of benzene rings is 7. The van der Waals surface area contributed by atoms with E-state index < -0.39 is 0 Å². The van der Waals surface area contributed by atoms with E-state index in [2.05, 4.69) is 121 Å². The van der Waals surface area contributed by atoms with Crippen molar-refractivity contribution in [2.24, 2.45) is 0 Å². The first-order valence-corrected chi connectivity index (χ1v) is 15.1. The van der Waals surface area contributed by atoms with E-state index in [9.17, 15) is 0 Å². The SMILES string of the molecule is Nc1ccc(-c2ccc(-c3c(-c4ccc(-c5nc(-c6ccccc6)c6ccccc6n5)cc4)ccc4ccccc34)cc2)cc1. The Morgan fingerprint density at radius 2 is 0.956 bits per heavy atom. The minimum absolute atomic E-state index is 0.719. The van der Waals surface area contributed by atoms with Crippen LogP contribution in [-0.2, 0) is 0 Å². The Morgan fingerprint density at radius 3 is 1.71 bits per heavy atom. The summed E-state index contributed by atoms with van der Waals surface area (Å²) >= 11 is 0. The summed E-state index contributed by atoms with van der Waals surface area (Å²) in [4.78, 5) is 10.0. The largest absolute Gasteiger partial charge is 0.399 e. The Balaban J connectivity index is 1.22. The topological polar surface area (TPSA) is 51.8 Å². The highest BCUT2D eigenvalue weighted by molar-refractivity contribution is 6.04. The van der Waals surface area contributed by atoms with E-state index >= 15 is 0 Å². The molecule has 212 valence electrons. The predicted molar refractivity (Wildman–Crippen MR) is 189 cm³/mol. The second-order valence-corrected chi connectivity index (χ2v) is 11.3. The molecular formula is C42H29N3. The van der Waals surface area contributed by atoms with Gasteiger partial charge in [-0.2, -0.15) is 0 Å². The summed E-state index contributed by atoms with van der Waals surface area (Å²) in [5.41, 5.74) is 17.7. The van der Waals surface area contributed by atoms with E-state index in [-0.39, 0.29) is 0 Å². The van der Waals surface area contributed by atoms with Crippen LogP contribution in [0.2, 0.25) is 0 Å². The number of hydrogen-bond donors (Lipinski definition) is 1. The molecule has 0 aliphatic carbocycles. The maximum atomic E-state index is 5.92. The van der Waals surface area contributed by atoms with Crippen LogP contribution in [0, 0.1) is 0 Å². The molecule has 0 fully saturated rings. The van der Waals surface area contributed by atoms with E-state index in [1.165, 1.54) is 27.5 Å². The molecule has 0 aliphatic rings. The summed E-state index contributed by atoms with van der Waals surface area (Å²) in [5.74, 6) is 0.719. The predicted octanol–water partition coefficient (Wildman–Crippen LogP) is 10.7. The first kappa shape index (κ1) is 26.6. The molecule has 2 N–H and O–H groups in total. The van der Waals surface area contributed by atoms with Crippen LogP contribution >= 0.6 is 0 Å². The zero-order chi connectivity index (χ0) is 30.2. The Hall–Kier alpha value is -6.06. The fourth-order valence-electron chi connectivity index (χ4n) is 6.15. The average molecular weight is 576 g/mol. The summed E-state index contributed by atoms with van der Waals surface area (Å²) < 4.78 is 0. The second-order valence-electron chi connectivity index (χ2n) is 11.3. The number of nitrogens with zero attached hydrogens (tertiary/aromatic N) is 2. The summed E-state index contributed by atoms with van der Waals surface area (Å²) in [6, 6.07) is 57.1. The van der Waals surface area contributed by atoms with Gasteiger partial charge in [0.1, 0.15) is 0 Å². The zero-order valence-corrected chi connectivity index (χ0v) is 24.6. The molecule has 0 aliphatic heterocycles. The van der Waals surface area contributed by atoms with E-state index in [1.54, 1.807) is 0 Å². The van der Waals surface area contributed by atoms with Crippen molar-refractivity contribution in [2.45, 2.75) is 0 Å². The molecule has 8 aromatic rings. The quantitative estimate of drug-likeness (QED) is 0.208. The Bertz CT molecular complexity index is 2290. The third-order valence-electron chi connectivity index (χ3n) is 8.45. The third kappa shape index (κ3) is 5.01. The molecule has 1 aromatic heterocycles. The summed E-state index contributed by atoms with van der Waals surface area (Å²) in [6.45, 7) is 0. The van der Waals surface area contributed by atoms with Crippen molar-refractivity contribution in [3.05, 3.63) is 164 Å². The molecule has 3 heteroatoms. The van der Waals surface area contributed by atoms with E-state index in [0.717, 1.165) is 55.9 Å². The van der Waals surface area contributed by atoms with Crippen LogP contribution < -0.4 is 5.73 Å². The second kappa shape index (κ2) is 11.2. The highest BCUT2D eigenvalue weighted by Gasteiger charge is 2.15. The number of aromatic nitrogens is 2. The van der Waals surface area contributed by atoms with Gasteiger partial charge in [0, 0.05) is 22.2 Å². The highest BCUT2D eigenvalue weighted by Crippen LogP contribution is 2.39. The van der Waals surface area contributed by atoms with Gasteiger partial charge in [0.2, 0.25) is 0 Å². The van der Waals surface area contributed by atoms with Crippen LogP contribution in [0.1, 0.15) is 0 Å². The van der Waals surface area contributed by atoms with Gasteiger partial charge in [-0.1, -0.05) is 146 Å². The minimum atomic E-state index is 0.719. The molecule has 0 spiro atoms. The Morgan fingerprint density at radius 1 is 0.378 bits per heavy atom. The molecular weight excluding hydrogens is 546 g/mol. The van der Waals surface area contributed by atoms with Crippen LogP contribution in [0.15, 0.2) is 164 Å². The molecule has 1 heterocycles. The smallest absolute Gasteiger partial charge is 0.160 e. The number of para-hydroxylation sites is 1.